The van der Waals surface area contributed by atoms with E-state index in [9.17, 15) is 4.79 Å². The maximum absolute atomic E-state index is 12.6. The molecule has 242 valence electrons. The van der Waals surface area contributed by atoms with Crippen LogP contribution in [-0.2, 0) is 29.7 Å². The van der Waals surface area contributed by atoms with E-state index < -0.39 is 20.0 Å². The van der Waals surface area contributed by atoms with Crippen molar-refractivity contribution in [2.75, 3.05) is 0 Å². The van der Waals surface area contributed by atoms with Gasteiger partial charge in [0.25, 0.3) is 0 Å². The molecule has 0 saturated heterocycles. The molecular weight excluding hydrogens is 563 g/mol. The van der Waals surface area contributed by atoms with Crippen molar-refractivity contribution in [1.82, 2.24) is 4.98 Å². The van der Waals surface area contributed by atoms with Crippen LogP contribution in [0.4, 0.5) is 0 Å². The van der Waals surface area contributed by atoms with Gasteiger partial charge >= 0.3 is 5.97 Å². The van der Waals surface area contributed by atoms with Gasteiger partial charge in [0.15, 0.2) is 8.32 Å². The van der Waals surface area contributed by atoms with Gasteiger partial charge in [-0.3, -0.25) is 9.78 Å². The van der Waals surface area contributed by atoms with Gasteiger partial charge in [-0.25, -0.2) is 0 Å². The molecule has 2 unspecified atom stereocenters. The minimum Gasteiger partial charge on any atom is -0.455 e. The Morgan fingerprint density at radius 3 is 2.09 bits per heavy atom. The molecule has 1 fully saturated rings. The molecule has 1 saturated carbocycles. The molecule has 5 nitrogen and oxygen atoms in total. The van der Waals surface area contributed by atoms with E-state index >= 15 is 0 Å². The van der Waals surface area contributed by atoms with Gasteiger partial charge in [0.05, 0.1) is 17.4 Å². The summed E-state index contributed by atoms with van der Waals surface area (Å²) in [6.45, 7) is 28.8. The predicted molar refractivity (Wildman–Crippen MR) is 180 cm³/mol. The van der Waals surface area contributed by atoms with Crippen molar-refractivity contribution in [3.05, 3.63) is 63.5 Å². The standard InChI is InChI=1S/C38H57NO4Si/c1-23(2)31-29-30(38(20-14-15-21-38)42-33(29)25-16-18-26(19-17-25)35(4,5)6)28-27(43-44(12,13)36(7,8)9)22-37(10,11)34(32(28)39-31)41-24(3)40/h16-19,23,27,33-34H,14-15,20-22H2,1-13H3/t27-,33?,34?/m0/s1. The van der Waals surface area contributed by atoms with Gasteiger partial charge in [0.2, 0.25) is 0 Å². The average molecular weight is 620 g/mol. The third-order valence-electron chi connectivity index (χ3n) is 10.9. The normalized spacial score (nSPS) is 24.5. The fourth-order valence-corrected chi connectivity index (χ4v) is 8.76. The lowest BCUT2D eigenvalue weighted by Gasteiger charge is -2.48. The van der Waals surface area contributed by atoms with E-state index in [1.54, 1.807) is 0 Å². The molecule has 3 aliphatic rings. The van der Waals surface area contributed by atoms with Crippen LogP contribution in [0.1, 0.15) is 172 Å². The van der Waals surface area contributed by atoms with Gasteiger partial charge in [-0.15, -0.1) is 0 Å². The number of carbonyl (C=O) groups excluding carboxylic acids is 1. The van der Waals surface area contributed by atoms with Crippen LogP contribution in [0, 0.1) is 5.41 Å². The second-order valence-electron chi connectivity index (χ2n) is 17.4. The first-order chi connectivity index (χ1) is 20.2. The van der Waals surface area contributed by atoms with Gasteiger partial charge in [0.1, 0.15) is 12.2 Å². The van der Waals surface area contributed by atoms with Gasteiger partial charge in [-0.2, -0.15) is 0 Å². The maximum Gasteiger partial charge on any atom is 0.303 e. The molecule has 0 amide bonds. The SMILES string of the molecule is CC(=O)OC1c2nc(C(C)C)c3c(c2[C@@H](O[Si](C)(C)C(C)(C)C)CC1(C)C)C1(CCCC1)OC3c1ccc(C(C)(C)C)cc1. The minimum absolute atomic E-state index is 0.0530. The van der Waals surface area contributed by atoms with Crippen LogP contribution in [-0.4, -0.2) is 19.3 Å². The number of nitrogens with zero attached hydrogens (tertiary/aromatic N) is 1. The highest BCUT2D eigenvalue weighted by Crippen LogP contribution is 2.62. The first-order valence-electron chi connectivity index (χ1n) is 16.9. The quantitative estimate of drug-likeness (QED) is 0.246. The van der Waals surface area contributed by atoms with Crippen LogP contribution < -0.4 is 0 Å². The first kappa shape index (κ1) is 33.3. The van der Waals surface area contributed by atoms with E-state index in [-0.39, 0.29) is 40.0 Å². The molecule has 2 aliphatic carbocycles. The molecule has 1 aromatic heterocycles. The van der Waals surface area contributed by atoms with Gasteiger partial charge in [-0.05, 0) is 65.4 Å². The number of rotatable bonds is 5. The summed E-state index contributed by atoms with van der Waals surface area (Å²) in [6.07, 6.45) is 4.23. The second-order valence-corrected chi connectivity index (χ2v) is 22.1. The van der Waals surface area contributed by atoms with Crippen molar-refractivity contribution in [2.24, 2.45) is 5.41 Å². The first-order valence-corrected chi connectivity index (χ1v) is 19.8. The monoisotopic (exact) mass is 619 g/mol. The molecule has 2 heterocycles. The Bertz CT molecular complexity index is 1400. The Morgan fingerprint density at radius 1 is 1.00 bits per heavy atom. The molecule has 2 aromatic rings. The number of fused-ring (bicyclic) bond motifs is 4. The maximum atomic E-state index is 12.6. The summed E-state index contributed by atoms with van der Waals surface area (Å²) in [4.78, 5) is 18.1. The number of benzene rings is 1. The number of esters is 1. The Morgan fingerprint density at radius 2 is 1.59 bits per heavy atom. The number of ether oxygens (including phenoxy) is 2. The number of pyridine rings is 1. The average Bonchev–Trinajstić information content (AvgIpc) is 3.49. The summed E-state index contributed by atoms with van der Waals surface area (Å²) in [5, 5.41) is 0.0530. The van der Waals surface area contributed by atoms with Crippen LogP contribution in [0.5, 0.6) is 0 Å². The van der Waals surface area contributed by atoms with E-state index in [1.165, 1.54) is 29.2 Å². The highest BCUT2D eigenvalue weighted by Gasteiger charge is 2.56. The topological polar surface area (TPSA) is 57.7 Å². The molecule has 0 N–H and O–H groups in total. The summed E-state index contributed by atoms with van der Waals surface area (Å²) >= 11 is 0. The molecular formula is C38H57NO4Si. The van der Waals surface area contributed by atoms with Crippen molar-refractivity contribution >= 4 is 14.3 Å². The van der Waals surface area contributed by atoms with Crippen LogP contribution >= 0.6 is 0 Å². The highest BCUT2D eigenvalue weighted by atomic mass is 28.4. The molecule has 44 heavy (non-hydrogen) atoms. The minimum atomic E-state index is -2.18. The van der Waals surface area contributed by atoms with Crippen LogP contribution in [0.3, 0.4) is 0 Å². The lowest BCUT2D eigenvalue weighted by atomic mass is 9.68. The lowest BCUT2D eigenvalue weighted by molar-refractivity contribution is -0.156. The van der Waals surface area contributed by atoms with E-state index in [4.69, 9.17) is 18.9 Å². The van der Waals surface area contributed by atoms with Gasteiger partial charge in [0, 0.05) is 29.2 Å². The number of hydrogen-bond acceptors (Lipinski definition) is 5. The third kappa shape index (κ3) is 5.73. The zero-order valence-corrected chi connectivity index (χ0v) is 30.7. The van der Waals surface area contributed by atoms with Gasteiger partial charge < -0.3 is 13.9 Å². The highest BCUT2D eigenvalue weighted by molar-refractivity contribution is 6.74. The van der Waals surface area contributed by atoms with Crippen LogP contribution in [0.2, 0.25) is 18.1 Å². The van der Waals surface area contributed by atoms with Crippen LogP contribution in [0.15, 0.2) is 24.3 Å². The number of carbonyl (C=O) groups is 1. The number of hydrogen-bond donors (Lipinski definition) is 0. The summed E-state index contributed by atoms with van der Waals surface area (Å²) in [5.74, 6) is -0.0943. The van der Waals surface area contributed by atoms with Crippen molar-refractivity contribution < 1.29 is 18.7 Å². The Balaban J connectivity index is 1.82. The van der Waals surface area contributed by atoms with E-state index in [2.05, 4.69) is 107 Å². The molecule has 5 rings (SSSR count). The fraction of sp³-hybridized carbons (Fsp3) is 0.684. The van der Waals surface area contributed by atoms with Crippen LogP contribution in [0.25, 0.3) is 0 Å². The molecule has 1 spiro atoms. The predicted octanol–water partition coefficient (Wildman–Crippen LogP) is 10.5. The van der Waals surface area contributed by atoms with E-state index in [0.717, 1.165) is 49.1 Å². The molecule has 0 bridgehead atoms. The molecule has 1 aliphatic heterocycles. The zero-order valence-electron chi connectivity index (χ0n) is 29.7. The second kappa shape index (κ2) is 11.1. The van der Waals surface area contributed by atoms with Crippen molar-refractivity contribution in [1.29, 1.82) is 0 Å². The van der Waals surface area contributed by atoms with E-state index in [0.29, 0.717) is 0 Å². The Kier molecular flexibility index (Phi) is 8.38. The Labute approximate surface area is 268 Å². The van der Waals surface area contributed by atoms with Gasteiger partial charge in [-0.1, -0.05) is 106 Å². The lowest BCUT2D eigenvalue weighted by Crippen LogP contribution is -2.45. The van der Waals surface area contributed by atoms with E-state index in [1.807, 2.05) is 0 Å². The summed E-state index contributed by atoms with van der Waals surface area (Å²) in [7, 11) is -2.18. The van der Waals surface area contributed by atoms with Crippen molar-refractivity contribution in [3.8, 4) is 0 Å². The fourth-order valence-electron chi connectivity index (χ4n) is 7.49. The zero-order chi connectivity index (χ0) is 32.6. The smallest absolute Gasteiger partial charge is 0.303 e. The number of aromatic nitrogens is 1. The molecule has 0 radical (unpaired) electrons. The summed E-state index contributed by atoms with van der Waals surface area (Å²) in [5.41, 5.74) is 7.47. The summed E-state index contributed by atoms with van der Waals surface area (Å²) in [6, 6.07) is 9.06. The molecule has 3 atom stereocenters. The largest absolute Gasteiger partial charge is 0.455 e. The van der Waals surface area contributed by atoms with Crippen molar-refractivity contribution in [2.45, 2.75) is 162 Å². The summed E-state index contributed by atoms with van der Waals surface area (Å²) < 4.78 is 20.9. The van der Waals surface area contributed by atoms with Crippen molar-refractivity contribution in [3.63, 3.8) is 0 Å². The molecule has 6 heteroatoms. The Hall–Kier alpha value is -2.02. The third-order valence-corrected chi connectivity index (χ3v) is 15.4. The molecule has 1 aromatic carbocycles.